The number of aliphatic imine (C=N–C) groups is 1. The first-order valence-electron chi connectivity index (χ1n) is 14.6. The number of anilines is 1. The fourth-order valence-corrected chi connectivity index (χ4v) is 6.75. The normalized spacial score (nSPS) is 17.4. The van der Waals surface area contributed by atoms with Gasteiger partial charge in [-0.1, -0.05) is 45.4 Å². The minimum atomic E-state index is -3.69. The average Bonchev–Trinajstić information content (AvgIpc) is 3.20. The highest BCUT2D eigenvalue weighted by atomic mass is 32.2. The molecule has 10 heteroatoms. The van der Waals surface area contributed by atoms with Crippen molar-refractivity contribution in [2.24, 2.45) is 4.99 Å². The van der Waals surface area contributed by atoms with Crippen molar-refractivity contribution in [2.75, 3.05) is 31.1 Å². The summed E-state index contributed by atoms with van der Waals surface area (Å²) in [6.07, 6.45) is 11.5. The predicted octanol–water partition coefficient (Wildman–Crippen LogP) is 4.45. The third-order valence-electron chi connectivity index (χ3n) is 7.96. The van der Waals surface area contributed by atoms with Crippen LogP contribution < -0.4 is 10.2 Å². The lowest BCUT2D eigenvalue weighted by atomic mass is 9.89. The molecule has 0 radical (unpaired) electrons. The maximum Gasteiger partial charge on any atom is 0.253 e. The zero-order valence-corrected chi connectivity index (χ0v) is 25.4. The summed E-state index contributed by atoms with van der Waals surface area (Å²) in [6, 6.07) is 3.64. The number of amidine groups is 1. The molecule has 1 spiro atoms. The van der Waals surface area contributed by atoms with E-state index in [1.165, 1.54) is 53.6 Å². The Morgan fingerprint density at radius 3 is 2.27 bits per heavy atom. The molecule has 2 aliphatic rings. The Morgan fingerprint density at radius 1 is 1.10 bits per heavy atom. The Bertz CT molecular complexity index is 1190. The van der Waals surface area contributed by atoms with E-state index in [2.05, 4.69) is 12.2 Å². The van der Waals surface area contributed by atoms with E-state index in [4.69, 9.17) is 4.99 Å². The number of nitrogens with zero attached hydrogens (tertiary/aromatic N) is 3. The highest BCUT2D eigenvalue weighted by Gasteiger charge is 2.46. The van der Waals surface area contributed by atoms with Crippen LogP contribution in [0.2, 0.25) is 0 Å². The van der Waals surface area contributed by atoms with Crippen LogP contribution in [0.1, 0.15) is 94.7 Å². The van der Waals surface area contributed by atoms with E-state index in [1.807, 2.05) is 26.0 Å². The van der Waals surface area contributed by atoms with Gasteiger partial charge < -0.3 is 15.3 Å². The number of aliphatic hydroxyl groups is 1. The van der Waals surface area contributed by atoms with Crippen molar-refractivity contribution in [2.45, 2.75) is 97.4 Å². The van der Waals surface area contributed by atoms with Gasteiger partial charge in [0.2, 0.25) is 15.9 Å². The molecule has 1 aromatic carbocycles. The minimum absolute atomic E-state index is 0.106. The lowest BCUT2D eigenvalue weighted by Crippen LogP contribution is -2.50. The van der Waals surface area contributed by atoms with Crippen molar-refractivity contribution in [3.63, 3.8) is 0 Å². The zero-order valence-electron chi connectivity index (χ0n) is 24.5. The molecule has 1 saturated heterocycles. The maximum atomic E-state index is 13.2. The largest absolute Gasteiger partial charge is 0.395 e. The molecule has 2 heterocycles. The van der Waals surface area contributed by atoms with Crippen LogP contribution in [0.3, 0.4) is 0 Å². The number of rotatable bonds is 14. The van der Waals surface area contributed by atoms with E-state index in [0.29, 0.717) is 18.5 Å². The number of hydrogen-bond acceptors (Lipinski definition) is 6. The molecule has 1 aromatic rings. The van der Waals surface area contributed by atoms with Gasteiger partial charge >= 0.3 is 0 Å². The van der Waals surface area contributed by atoms with Gasteiger partial charge in [-0.25, -0.2) is 8.42 Å². The first kappa shape index (κ1) is 32.0. The number of carbonyl (C=O) groups excluding carboxylic acids is 2. The van der Waals surface area contributed by atoms with Crippen molar-refractivity contribution in [3.05, 3.63) is 34.2 Å². The van der Waals surface area contributed by atoms with Crippen molar-refractivity contribution in [1.29, 1.82) is 0 Å². The van der Waals surface area contributed by atoms with Gasteiger partial charge in [0.1, 0.15) is 11.4 Å². The summed E-state index contributed by atoms with van der Waals surface area (Å²) in [5.41, 5.74) is 2.23. The standard InChI is InChI=1S/C30H46N4O5S/c1-5-6-7-8-9-10-11-12-28-31-29(37)30(32-28)14-16-33(17-15-30)40(38,39)20-13-27-23(2)21-26(22-24(27)3)34(18-19-35)25(4)36/h13,20-22,35H,5-12,14-19H2,1-4H3,(H,31,32,37)/b20-13+. The van der Waals surface area contributed by atoms with E-state index in [-0.39, 0.29) is 38.1 Å². The van der Waals surface area contributed by atoms with Crippen LogP contribution in [0.4, 0.5) is 5.69 Å². The summed E-state index contributed by atoms with van der Waals surface area (Å²) in [5.74, 6) is 0.462. The molecule has 0 aromatic heterocycles. The maximum absolute atomic E-state index is 13.2. The van der Waals surface area contributed by atoms with E-state index in [9.17, 15) is 23.1 Å². The third-order valence-corrected chi connectivity index (χ3v) is 9.52. The average molecular weight is 575 g/mol. The van der Waals surface area contributed by atoms with E-state index >= 15 is 0 Å². The van der Waals surface area contributed by atoms with Crippen LogP contribution in [0.15, 0.2) is 22.5 Å². The molecule has 222 valence electrons. The van der Waals surface area contributed by atoms with Gasteiger partial charge in [-0.05, 0) is 68.0 Å². The lowest BCUT2D eigenvalue weighted by Gasteiger charge is -2.34. The van der Waals surface area contributed by atoms with Crippen molar-refractivity contribution >= 4 is 39.4 Å². The summed E-state index contributed by atoms with van der Waals surface area (Å²) in [7, 11) is -3.69. The number of aliphatic hydroxyl groups excluding tert-OH is 1. The highest BCUT2D eigenvalue weighted by molar-refractivity contribution is 7.92. The number of amides is 2. The molecule has 3 rings (SSSR count). The molecular formula is C30H46N4O5S. The molecule has 0 aliphatic carbocycles. The number of carbonyl (C=O) groups is 2. The predicted molar refractivity (Wildman–Crippen MR) is 161 cm³/mol. The van der Waals surface area contributed by atoms with Gasteiger partial charge in [0.15, 0.2) is 0 Å². The molecular weight excluding hydrogens is 528 g/mol. The van der Waals surface area contributed by atoms with E-state index in [0.717, 1.165) is 41.8 Å². The van der Waals surface area contributed by atoms with E-state index < -0.39 is 15.6 Å². The Morgan fingerprint density at radius 2 is 1.70 bits per heavy atom. The molecule has 2 N–H and O–H groups in total. The van der Waals surface area contributed by atoms with Gasteiger partial charge in [-0.2, -0.15) is 4.31 Å². The molecule has 0 atom stereocenters. The van der Waals surface area contributed by atoms with Crippen molar-refractivity contribution in [1.82, 2.24) is 9.62 Å². The molecule has 40 heavy (non-hydrogen) atoms. The van der Waals surface area contributed by atoms with Crippen molar-refractivity contribution in [3.8, 4) is 0 Å². The minimum Gasteiger partial charge on any atom is -0.395 e. The molecule has 1 fully saturated rings. The number of nitrogens with one attached hydrogen (secondary N) is 1. The second kappa shape index (κ2) is 14.4. The number of sulfonamides is 1. The monoisotopic (exact) mass is 574 g/mol. The fraction of sp³-hybridized carbons (Fsp3) is 0.633. The smallest absolute Gasteiger partial charge is 0.253 e. The Kier molecular flexibility index (Phi) is 11.5. The van der Waals surface area contributed by atoms with Crippen LogP contribution in [-0.2, 0) is 19.6 Å². The first-order valence-corrected chi connectivity index (χ1v) is 16.1. The van der Waals surface area contributed by atoms with E-state index in [1.54, 1.807) is 6.08 Å². The van der Waals surface area contributed by atoms with Crippen LogP contribution in [0, 0.1) is 13.8 Å². The fourth-order valence-electron chi connectivity index (χ4n) is 5.58. The molecule has 0 bridgehead atoms. The second-order valence-electron chi connectivity index (χ2n) is 11.0. The third kappa shape index (κ3) is 8.01. The summed E-state index contributed by atoms with van der Waals surface area (Å²) in [5, 5.41) is 13.5. The van der Waals surface area contributed by atoms with Crippen LogP contribution in [0.25, 0.3) is 6.08 Å². The summed E-state index contributed by atoms with van der Waals surface area (Å²) >= 11 is 0. The molecule has 9 nitrogen and oxygen atoms in total. The molecule has 0 unspecified atom stereocenters. The van der Waals surface area contributed by atoms with Crippen LogP contribution >= 0.6 is 0 Å². The highest BCUT2D eigenvalue weighted by Crippen LogP contribution is 2.32. The zero-order chi connectivity index (χ0) is 29.3. The van der Waals surface area contributed by atoms with Gasteiger partial charge in [-0.3, -0.25) is 14.6 Å². The quantitative estimate of drug-likeness (QED) is 0.318. The molecule has 2 aliphatic heterocycles. The van der Waals surface area contributed by atoms with Crippen LogP contribution in [0.5, 0.6) is 0 Å². The Balaban J connectivity index is 1.60. The second-order valence-corrected chi connectivity index (χ2v) is 12.9. The number of aryl methyl sites for hydroxylation is 2. The van der Waals surface area contributed by atoms with Crippen molar-refractivity contribution < 1.29 is 23.1 Å². The first-order chi connectivity index (χ1) is 19.0. The Labute approximate surface area is 239 Å². The Hall–Kier alpha value is -2.56. The number of unbranched alkanes of at least 4 members (excludes halogenated alkanes) is 6. The number of benzene rings is 1. The molecule has 0 saturated carbocycles. The topological polar surface area (TPSA) is 119 Å². The molecule has 2 amide bonds. The van der Waals surface area contributed by atoms with Gasteiger partial charge in [0.25, 0.3) is 5.91 Å². The summed E-state index contributed by atoms with van der Waals surface area (Å²) < 4.78 is 27.8. The van der Waals surface area contributed by atoms with Gasteiger partial charge in [-0.15, -0.1) is 0 Å². The lowest BCUT2D eigenvalue weighted by molar-refractivity contribution is -0.125. The van der Waals surface area contributed by atoms with Gasteiger partial charge in [0.05, 0.1) is 6.61 Å². The van der Waals surface area contributed by atoms with Gasteiger partial charge in [0, 0.05) is 44.1 Å². The number of hydrogen-bond donors (Lipinski definition) is 2. The number of piperidine rings is 1. The summed E-state index contributed by atoms with van der Waals surface area (Å²) in [6.45, 7) is 7.90. The summed E-state index contributed by atoms with van der Waals surface area (Å²) in [4.78, 5) is 31.1. The van der Waals surface area contributed by atoms with Crippen LogP contribution in [-0.4, -0.2) is 67.3 Å². The SMILES string of the molecule is CCCCCCCCCC1=NC2(CCN(S(=O)(=O)/C=C/c3c(C)cc(N(CCO)C(C)=O)cc3C)CC2)C(=O)N1.